The number of carbonyl (C=O) groups excluding carboxylic acids is 1. The molecule has 0 spiro atoms. The average Bonchev–Trinajstić information content (AvgIpc) is 2.30. The average molecular weight is 258 g/mol. The molecule has 0 radical (unpaired) electrons. The molecule has 3 N–H and O–H groups in total. The maximum absolute atomic E-state index is 11.4. The molecule has 0 aliphatic rings. The fourth-order valence-corrected chi connectivity index (χ4v) is 1.66. The van der Waals surface area contributed by atoms with Crippen LogP contribution in [0.4, 0.5) is 0 Å². The minimum atomic E-state index is -0.751. The number of rotatable bonds is 10. The molecule has 5 heteroatoms. The Morgan fingerprint density at radius 3 is 2.39 bits per heavy atom. The summed E-state index contributed by atoms with van der Waals surface area (Å²) < 4.78 is 0. The minimum absolute atomic E-state index is 0.00297. The lowest BCUT2D eigenvalue weighted by Gasteiger charge is -2.14. The van der Waals surface area contributed by atoms with Crippen LogP contribution in [0.5, 0.6) is 0 Å². The molecule has 0 fully saturated rings. The second-order valence-electron chi connectivity index (χ2n) is 4.88. The Bertz CT molecular complexity index is 255. The number of carbonyl (C=O) groups is 2. The van der Waals surface area contributed by atoms with E-state index < -0.39 is 5.97 Å². The van der Waals surface area contributed by atoms with E-state index >= 15 is 0 Å². The lowest BCUT2D eigenvalue weighted by molar-refractivity contribution is -0.137. The molecule has 1 atom stereocenters. The summed E-state index contributed by atoms with van der Waals surface area (Å²) in [5.41, 5.74) is 0. The molecule has 0 saturated carbocycles. The number of nitrogens with one attached hydrogen (secondary N) is 2. The van der Waals surface area contributed by atoms with Crippen molar-refractivity contribution in [2.75, 3.05) is 13.1 Å². The normalized spacial score (nSPS) is 12.4. The van der Waals surface area contributed by atoms with Gasteiger partial charge >= 0.3 is 5.97 Å². The number of hydrogen-bond donors (Lipinski definition) is 3. The molecule has 0 aliphatic carbocycles. The van der Waals surface area contributed by atoms with Crippen molar-refractivity contribution in [2.45, 2.75) is 52.5 Å². The van der Waals surface area contributed by atoms with Crippen molar-refractivity contribution in [1.29, 1.82) is 0 Å². The van der Waals surface area contributed by atoms with Crippen molar-refractivity contribution >= 4 is 11.9 Å². The van der Waals surface area contributed by atoms with E-state index in [0.29, 0.717) is 31.5 Å². The molecule has 0 bridgehead atoms. The zero-order chi connectivity index (χ0) is 14.0. The summed E-state index contributed by atoms with van der Waals surface area (Å²) in [4.78, 5) is 21.9. The lowest BCUT2D eigenvalue weighted by Crippen LogP contribution is -2.37. The predicted molar refractivity (Wildman–Crippen MR) is 71.4 cm³/mol. The summed E-state index contributed by atoms with van der Waals surface area (Å²) in [5.74, 6) is -0.380. The molecule has 0 heterocycles. The van der Waals surface area contributed by atoms with E-state index in [-0.39, 0.29) is 12.3 Å². The van der Waals surface area contributed by atoms with Gasteiger partial charge in [0.25, 0.3) is 0 Å². The van der Waals surface area contributed by atoms with Crippen molar-refractivity contribution in [3.8, 4) is 0 Å². The Labute approximate surface area is 109 Å². The lowest BCUT2D eigenvalue weighted by atomic mass is 9.97. The van der Waals surface area contributed by atoms with Crippen molar-refractivity contribution < 1.29 is 14.7 Å². The van der Waals surface area contributed by atoms with E-state index in [2.05, 4.69) is 17.6 Å². The maximum atomic E-state index is 11.4. The zero-order valence-corrected chi connectivity index (χ0v) is 11.7. The molecule has 5 nitrogen and oxygen atoms in total. The van der Waals surface area contributed by atoms with Crippen LogP contribution in [0.3, 0.4) is 0 Å². The summed E-state index contributed by atoms with van der Waals surface area (Å²) >= 11 is 0. The van der Waals surface area contributed by atoms with E-state index in [9.17, 15) is 9.59 Å². The fraction of sp³-hybridized carbons (Fsp3) is 0.846. The van der Waals surface area contributed by atoms with Crippen LogP contribution in [0.25, 0.3) is 0 Å². The zero-order valence-electron chi connectivity index (χ0n) is 11.7. The van der Waals surface area contributed by atoms with Crippen molar-refractivity contribution in [1.82, 2.24) is 10.6 Å². The van der Waals surface area contributed by atoms with Gasteiger partial charge in [-0.1, -0.05) is 27.2 Å². The minimum Gasteiger partial charge on any atom is -0.481 e. The summed E-state index contributed by atoms with van der Waals surface area (Å²) in [6.45, 7) is 6.99. The molecule has 0 rings (SSSR count). The Kier molecular flexibility index (Phi) is 9.28. The number of hydrogen-bond acceptors (Lipinski definition) is 3. The molecule has 0 aromatic heterocycles. The van der Waals surface area contributed by atoms with Crippen LogP contribution in [0.1, 0.15) is 46.5 Å². The maximum Gasteiger partial charge on any atom is 0.303 e. The van der Waals surface area contributed by atoms with Crippen molar-refractivity contribution in [2.24, 2.45) is 5.92 Å². The van der Waals surface area contributed by atoms with Gasteiger partial charge in [0.2, 0.25) is 5.91 Å². The van der Waals surface area contributed by atoms with E-state index in [1.54, 1.807) is 0 Å². The number of carboxylic acid groups (broad SMARTS) is 1. The van der Waals surface area contributed by atoms with Crippen molar-refractivity contribution in [3.63, 3.8) is 0 Å². The van der Waals surface area contributed by atoms with Gasteiger partial charge in [0.15, 0.2) is 0 Å². The van der Waals surface area contributed by atoms with Gasteiger partial charge in [-0.3, -0.25) is 9.59 Å². The second-order valence-corrected chi connectivity index (χ2v) is 4.88. The quantitative estimate of drug-likeness (QED) is 0.553. The highest BCUT2D eigenvalue weighted by Crippen LogP contribution is 2.14. The van der Waals surface area contributed by atoms with Gasteiger partial charge in [-0.2, -0.15) is 0 Å². The second kappa shape index (κ2) is 9.88. The van der Waals surface area contributed by atoms with Crippen LogP contribution in [0.15, 0.2) is 0 Å². The summed E-state index contributed by atoms with van der Waals surface area (Å²) in [7, 11) is 0. The number of carboxylic acids is 1. The van der Waals surface area contributed by atoms with Gasteiger partial charge < -0.3 is 15.7 Å². The first-order valence-electron chi connectivity index (χ1n) is 6.67. The third-order valence-corrected chi connectivity index (χ3v) is 2.89. The topological polar surface area (TPSA) is 78.4 Å². The number of aliphatic carboxylic acids is 1. The third kappa shape index (κ3) is 10.1. The van der Waals surface area contributed by atoms with Crippen LogP contribution in [0.2, 0.25) is 0 Å². The van der Waals surface area contributed by atoms with E-state index in [1.165, 1.54) is 0 Å². The third-order valence-electron chi connectivity index (χ3n) is 2.89. The molecule has 0 aromatic carbocycles. The van der Waals surface area contributed by atoms with Crippen LogP contribution in [-0.2, 0) is 9.59 Å². The first-order valence-corrected chi connectivity index (χ1v) is 6.67. The van der Waals surface area contributed by atoms with Gasteiger partial charge in [0, 0.05) is 19.0 Å². The monoisotopic (exact) mass is 258 g/mol. The Morgan fingerprint density at radius 1 is 1.22 bits per heavy atom. The molecule has 0 aliphatic heterocycles. The highest BCUT2D eigenvalue weighted by atomic mass is 16.4. The Morgan fingerprint density at radius 2 is 1.89 bits per heavy atom. The van der Waals surface area contributed by atoms with Gasteiger partial charge in [-0.25, -0.2) is 0 Å². The van der Waals surface area contributed by atoms with Crippen LogP contribution in [0, 0.1) is 5.92 Å². The first-order chi connectivity index (χ1) is 8.45. The SMILES string of the molecule is CCC(CCNC(=O)CNC(C)C)CCC(=O)O. The standard InChI is InChI=1S/C13H26N2O3/c1-4-11(5-6-13(17)18)7-8-14-12(16)9-15-10(2)3/h10-11,15H,4-9H2,1-3H3,(H,14,16)(H,17,18). The van der Waals surface area contributed by atoms with Gasteiger partial charge in [-0.15, -0.1) is 0 Å². The smallest absolute Gasteiger partial charge is 0.303 e. The van der Waals surface area contributed by atoms with Crippen LogP contribution >= 0.6 is 0 Å². The summed E-state index contributed by atoms with van der Waals surface area (Å²) in [6.07, 6.45) is 2.69. The van der Waals surface area contributed by atoms with E-state index in [0.717, 1.165) is 12.8 Å². The van der Waals surface area contributed by atoms with E-state index in [4.69, 9.17) is 5.11 Å². The summed E-state index contributed by atoms with van der Waals surface area (Å²) in [6, 6.07) is 0.301. The Balaban J connectivity index is 3.66. The van der Waals surface area contributed by atoms with Gasteiger partial charge in [0.1, 0.15) is 0 Å². The number of amides is 1. The van der Waals surface area contributed by atoms with E-state index in [1.807, 2.05) is 13.8 Å². The van der Waals surface area contributed by atoms with Crippen LogP contribution in [-0.4, -0.2) is 36.1 Å². The molecule has 0 saturated heterocycles. The fourth-order valence-electron chi connectivity index (χ4n) is 1.66. The Hall–Kier alpha value is -1.10. The molecule has 18 heavy (non-hydrogen) atoms. The largest absolute Gasteiger partial charge is 0.481 e. The van der Waals surface area contributed by atoms with Gasteiger partial charge in [0.05, 0.1) is 6.54 Å². The van der Waals surface area contributed by atoms with Crippen molar-refractivity contribution in [3.05, 3.63) is 0 Å². The highest BCUT2D eigenvalue weighted by Gasteiger charge is 2.09. The first kappa shape index (κ1) is 16.9. The molecular weight excluding hydrogens is 232 g/mol. The molecular formula is C13H26N2O3. The molecule has 0 aromatic rings. The highest BCUT2D eigenvalue weighted by molar-refractivity contribution is 5.77. The van der Waals surface area contributed by atoms with Crippen LogP contribution < -0.4 is 10.6 Å². The summed E-state index contributed by atoms with van der Waals surface area (Å²) in [5, 5.41) is 14.5. The molecule has 1 amide bonds. The van der Waals surface area contributed by atoms with Gasteiger partial charge in [-0.05, 0) is 18.8 Å². The molecule has 106 valence electrons. The molecule has 1 unspecified atom stereocenters. The predicted octanol–water partition coefficient (Wildman–Crippen LogP) is 1.38.